The lowest BCUT2D eigenvalue weighted by Gasteiger charge is -2.21. The highest BCUT2D eigenvalue weighted by Gasteiger charge is 2.25. The van der Waals surface area contributed by atoms with Crippen molar-refractivity contribution in [3.05, 3.63) is 36.7 Å². The molecule has 1 amide bonds. The van der Waals surface area contributed by atoms with Gasteiger partial charge in [0, 0.05) is 24.2 Å². The number of ether oxygens (including phenoxy) is 2. The number of carbonyl (C=O) groups excluding carboxylic acids is 1. The van der Waals surface area contributed by atoms with E-state index in [-0.39, 0.29) is 11.2 Å². The van der Waals surface area contributed by atoms with Gasteiger partial charge in [-0.25, -0.2) is 0 Å². The van der Waals surface area contributed by atoms with Gasteiger partial charge in [-0.05, 0) is 31.9 Å². The van der Waals surface area contributed by atoms with Crippen LogP contribution in [0.3, 0.4) is 0 Å². The molecule has 1 N–H and O–H groups in total. The van der Waals surface area contributed by atoms with Gasteiger partial charge in [0.05, 0.1) is 5.25 Å². The molecule has 160 valence electrons. The largest absolute Gasteiger partial charge is 0.486 e. The molecule has 0 bridgehead atoms. The predicted octanol–water partition coefficient (Wildman–Crippen LogP) is 4.40. The average Bonchev–Trinajstić information content (AvgIpc) is 3.16. The number of hydrogen-bond donors (Lipinski definition) is 1. The van der Waals surface area contributed by atoms with E-state index in [4.69, 9.17) is 9.47 Å². The Morgan fingerprint density at radius 2 is 2.03 bits per heavy atom. The monoisotopic (exact) mass is 428 g/mol. The first kappa shape index (κ1) is 20.8. The van der Waals surface area contributed by atoms with Crippen LogP contribution in [0.1, 0.15) is 50.8 Å². The van der Waals surface area contributed by atoms with E-state index in [0.29, 0.717) is 42.9 Å². The van der Waals surface area contributed by atoms with Crippen molar-refractivity contribution in [3.63, 3.8) is 0 Å². The minimum atomic E-state index is -0.329. The Labute approximate surface area is 181 Å². The second kappa shape index (κ2) is 9.55. The van der Waals surface area contributed by atoms with Crippen molar-refractivity contribution in [2.24, 2.45) is 0 Å². The van der Waals surface area contributed by atoms with Gasteiger partial charge >= 0.3 is 0 Å². The number of fused-ring (bicyclic) bond motifs is 1. The molecule has 2 heterocycles. The molecule has 1 atom stereocenters. The fourth-order valence-corrected chi connectivity index (χ4v) is 4.79. The van der Waals surface area contributed by atoms with E-state index in [1.54, 1.807) is 6.07 Å². The maximum atomic E-state index is 12.8. The van der Waals surface area contributed by atoms with E-state index in [1.165, 1.54) is 31.0 Å². The van der Waals surface area contributed by atoms with Crippen LogP contribution < -0.4 is 14.8 Å². The molecule has 0 saturated heterocycles. The fourth-order valence-electron chi connectivity index (χ4n) is 3.93. The molecule has 1 saturated carbocycles. The first-order chi connectivity index (χ1) is 14.7. The van der Waals surface area contributed by atoms with Crippen LogP contribution in [0.2, 0.25) is 0 Å². The molecule has 1 aromatic heterocycles. The van der Waals surface area contributed by atoms with Gasteiger partial charge in [0.15, 0.2) is 16.7 Å². The van der Waals surface area contributed by atoms with Gasteiger partial charge in [-0.1, -0.05) is 37.1 Å². The van der Waals surface area contributed by atoms with Gasteiger partial charge in [0.25, 0.3) is 0 Å². The number of benzene rings is 1. The van der Waals surface area contributed by atoms with Crippen molar-refractivity contribution in [2.75, 3.05) is 18.5 Å². The normalized spacial score (nSPS) is 17.4. The second-order valence-corrected chi connectivity index (χ2v) is 8.99. The number of aromatic nitrogens is 3. The molecule has 0 spiro atoms. The summed E-state index contributed by atoms with van der Waals surface area (Å²) in [5.74, 6) is 2.74. The van der Waals surface area contributed by atoms with Crippen molar-refractivity contribution in [1.82, 2.24) is 14.8 Å². The maximum Gasteiger partial charge on any atom is 0.237 e. The predicted molar refractivity (Wildman–Crippen MR) is 117 cm³/mol. The number of amides is 1. The summed E-state index contributed by atoms with van der Waals surface area (Å²) in [6.45, 7) is 7.47. The lowest BCUT2D eigenvalue weighted by Crippen LogP contribution is -2.23. The summed E-state index contributed by atoms with van der Waals surface area (Å²) >= 11 is 1.42. The van der Waals surface area contributed by atoms with Gasteiger partial charge in [-0.3, -0.25) is 4.79 Å². The maximum absolute atomic E-state index is 12.8. The summed E-state index contributed by atoms with van der Waals surface area (Å²) < 4.78 is 13.2. The highest BCUT2D eigenvalue weighted by molar-refractivity contribution is 8.00. The van der Waals surface area contributed by atoms with E-state index in [9.17, 15) is 4.79 Å². The Balaban J connectivity index is 1.43. The molecule has 4 rings (SSSR count). The van der Waals surface area contributed by atoms with E-state index >= 15 is 0 Å². The van der Waals surface area contributed by atoms with Gasteiger partial charge in [0.2, 0.25) is 5.91 Å². The fraction of sp³-hybridized carbons (Fsp3) is 0.500. The van der Waals surface area contributed by atoms with Crippen LogP contribution in [0.25, 0.3) is 0 Å². The third kappa shape index (κ3) is 4.64. The first-order valence-electron chi connectivity index (χ1n) is 10.6. The number of hydrogen-bond acceptors (Lipinski definition) is 6. The number of thioether (sulfide) groups is 1. The molecule has 1 aliphatic carbocycles. The number of allylic oxidation sites excluding steroid dienone is 1. The summed E-state index contributed by atoms with van der Waals surface area (Å²) in [5.41, 5.74) is 0.687. The summed E-state index contributed by atoms with van der Waals surface area (Å²) in [5, 5.41) is 12.3. The zero-order chi connectivity index (χ0) is 20.9. The van der Waals surface area contributed by atoms with E-state index in [0.717, 1.165) is 23.8 Å². The minimum absolute atomic E-state index is 0.0935. The summed E-state index contributed by atoms with van der Waals surface area (Å²) in [6, 6.07) is 5.44. The van der Waals surface area contributed by atoms with Crippen LogP contribution in [-0.4, -0.2) is 39.1 Å². The molecule has 1 aliphatic heterocycles. The first-order valence-corrected chi connectivity index (χ1v) is 11.4. The molecule has 1 fully saturated rings. The molecule has 8 heteroatoms. The minimum Gasteiger partial charge on any atom is -0.486 e. The van der Waals surface area contributed by atoms with Crippen LogP contribution in [0.4, 0.5) is 5.69 Å². The molecular formula is C22H28N4O3S. The number of carbonyl (C=O) groups is 1. The molecule has 0 radical (unpaired) electrons. The van der Waals surface area contributed by atoms with Crippen molar-refractivity contribution in [3.8, 4) is 11.5 Å². The molecule has 7 nitrogen and oxygen atoms in total. The van der Waals surface area contributed by atoms with Crippen molar-refractivity contribution >= 4 is 23.4 Å². The van der Waals surface area contributed by atoms with Gasteiger partial charge in [0.1, 0.15) is 19.0 Å². The van der Waals surface area contributed by atoms with Crippen molar-refractivity contribution in [1.29, 1.82) is 0 Å². The Morgan fingerprint density at radius 3 is 2.80 bits per heavy atom. The molecule has 1 unspecified atom stereocenters. The Bertz CT molecular complexity index is 908. The topological polar surface area (TPSA) is 78.3 Å². The number of nitrogens with zero attached hydrogens (tertiary/aromatic N) is 3. The smallest absolute Gasteiger partial charge is 0.237 e. The highest BCUT2D eigenvalue weighted by atomic mass is 32.2. The zero-order valence-electron chi connectivity index (χ0n) is 17.3. The van der Waals surface area contributed by atoms with Crippen LogP contribution in [0.5, 0.6) is 11.5 Å². The highest BCUT2D eigenvalue weighted by Crippen LogP contribution is 2.35. The van der Waals surface area contributed by atoms with Gasteiger partial charge in [-0.2, -0.15) is 0 Å². The second-order valence-electron chi connectivity index (χ2n) is 7.68. The number of rotatable bonds is 7. The lowest BCUT2D eigenvalue weighted by molar-refractivity contribution is -0.115. The van der Waals surface area contributed by atoms with Crippen molar-refractivity contribution < 1.29 is 14.3 Å². The molecule has 2 aromatic rings. The van der Waals surface area contributed by atoms with E-state index < -0.39 is 0 Å². The van der Waals surface area contributed by atoms with Crippen molar-refractivity contribution in [2.45, 2.75) is 61.9 Å². The Kier molecular flexibility index (Phi) is 6.62. The molecule has 30 heavy (non-hydrogen) atoms. The SMILES string of the molecule is C=CCn1c(SC(C)C(=O)Nc2ccc3c(c2)OCCO3)nnc1C1CCCCC1. The Hall–Kier alpha value is -2.48. The quantitative estimate of drug-likeness (QED) is 0.520. The van der Waals surface area contributed by atoms with Crippen LogP contribution >= 0.6 is 11.8 Å². The molecule has 2 aliphatic rings. The van der Waals surface area contributed by atoms with Crippen LogP contribution in [-0.2, 0) is 11.3 Å². The standard InChI is InChI=1S/C22H28N4O3S/c1-3-11-26-20(16-7-5-4-6-8-16)24-25-22(26)30-15(2)21(27)23-17-9-10-18-19(14-17)29-13-12-28-18/h3,9-10,14-16H,1,4-8,11-13H2,2H3,(H,23,27). The van der Waals surface area contributed by atoms with E-state index in [1.807, 2.05) is 25.1 Å². The van der Waals surface area contributed by atoms with E-state index in [2.05, 4.69) is 26.7 Å². The number of nitrogens with one attached hydrogen (secondary N) is 1. The molecular weight excluding hydrogens is 400 g/mol. The van der Waals surface area contributed by atoms with Crippen LogP contribution in [0, 0.1) is 0 Å². The third-order valence-corrected chi connectivity index (χ3v) is 6.57. The number of anilines is 1. The van der Waals surface area contributed by atoms with Gasteiger partial charge < -0.3 is 19.4 Å². The molecule has 1 aromatic carbocycles. The summed E-state index contributed by atoms with van der Waals surface area (Å²) in [7, 11) is 0. The van der Waals surface area contributed by atoms with Gasteiger partial charge in [-0.15, -0.1) is 16.8 Å². The average molecular weight is 429 g/mol. The van der Waals surface area contributed by atoms with Crippen LogP contribution in [0.15, 0.2) is 36.0 Å². The Morgan fingerprint density at radius 1 is 1.27 bits per heavy atom. The summed E-state index contributed by atoms with van der Waals surface area (Å²) in [4.78, 5) is 12.8. The third-order valence-electron chi connectivity index (χ3n) is 5.49. The summed E-state index contributed by atoms with van der Waals surface area (Å²) in [6.07, 6.45) is 7.94. The zero-order valence-corrected chi connectivity index (χ0v) is 18.1. The lowest BCUT2D eigenvalue weighted by atomic mass is 9.89.